The summed E-state index contributed by atoms with van der Waals surface area (Å²) in [6.07, 6.45) is 3.85. The van der Waals surface area contributed by atoms with E-state index in [0.29, 0.717) is 12.2 Å². The zero-order chi connectivity index (χ0) is 16.1. The van der Waals surface area contributed by atoms with Gasteiger partial charge < -0.3 is 13.6 Å². The minimum atomic E-state index is -2.15. The molecule has 0 saturated heterocycles. The molecule has 0 aromatic rings. The molecule has 0 rings (SSSR count). The molecular weight excluding hydrogens is 284 g/mol. The monoisotopic (exact) mass is 316 g/mol. The van der Waals surface area contributed by atoms with Crippen molar-refractivity contribution in [1.29, 1.82) is 0 Å². The highest BCUT2D eigenvalue weighted by atomic mass is 28.4. The molecule has 0 aliphatic heterocycles. The third kappa shape index (κ3) is 9.06. The normalized spacial score (nSPS) is 11.4. The SMILES string of the molecule is C=C(C)C(=O)OCCC[Si](CCC)(OCCC)OCCC. The van der Waals surface area contributed by atoms with Crippen molar-refractivity contribution in [3.05, 3.63) is 12.2 Å². The Kier molecular flexibility index (Phi) is 11.6. The number of esters is 1. The molecule has 0 unspecified atom stereocenters. The van der Waals surface area contributed by atoms with Gasteiger partial charge >= 0.3 is 14.5 Å². The topological polar surface area (TPSA) is 44.8 Å². The van der Waals surface area contributed by atoms with Gasteiger partial charge in [0.1, 0.15) is 0 Å². The molecule has 0 spiro atoms. The Bertz CT molecular complexity index is 297. The summed E-state index contributed by atoms with van der Waals surface area (Å²) in [5.41, 5.74) is 0.441. The Hall–Kier alpha value is -0.653. The van der Waals surface area contributed by atoms with Crippen LogP contribution in [0.25, 0.3) is 0 Å². The smallest absolute Gasteiger partial charge is 0.338 e. The van der Waals surface area contributed by atoms with Gasteiger partial charge in [0.2, 0.25) is 0 Å². The number of rotatable bonds is 13. The summed E-state index contributed by atoms with van der Waals surface area (Å²) in [5, 5.41) is 0. The molecule has 0 N–H and O–H groups in total. The van der Waals surface area contributed by atoms with Crippen LogP contribution in [0.4, 0.5) is 0 Å². The zero-order valence-electron chi connectivity index (χ0n) is 14.2. The highest BCUT2D eigenvalue weighted by molar-refractivity contribution is 6.67. The quantitative estimate of drug-likeness (QED) is 0.221. The van der Waals surface area contributed by atoms with Gasteiger partial charge in [-0.1, -0.05) is 33.8 Å². The fraction of sp³-hybridized carbons (Fsp3) is 0.812. The fourth-order valence-electron chi connectivity index (χ4n) is 2.04. The third-order valence-corrected chi connectivity index (χ3v) is 6.89. The van der Waals surface area contributed by atoms with Gasteiger partial charge in [0.05, 0.1) is 6.61 Å². The van der Waals surface area contributed by atoms with Crippen LogP contribution in [0.5, 0.6) is 0 Å². The van der Waals surface area contributed by atoms with Crippen LogP contribution in [-0.2, 0) is 18.4 Å². The van der Waals surface area contributed by atoms with Crippen LogP contribution < -0.4 is 0 Å². The lowest BCUT2D eigenvalue weighted by Crippen LogP contribution is -2.42. The predicted octanol–water partition coefficient (Wildman–Crippen LogP) is 4.20. The van der Waals surface area contributed by atoms with Crippen molar-refractivity contribution in [2.75, 3.05) is 19.8 Å². The van der Waals surface area contributed by atoms with E-state index in [1.807, 2.05) is 0 Å². The highest BCUT2D eigenvalue weighted by Crippen LogP contribution is 2.24. The third-order valence-electron chi connectivity index (χ3n) is 3.05. The number of ether oxygens (including phenoxy) is 1. The summed E-state index contributed by atoms with van der Waals surface area (Å²) >= 11 is 0. The molecular formula is C16H32O4Si. The summed E-state index contributed by atoms with van der Waals surface area (Å²) in [7, 11) is -2.15. The molecule has 4 nitrogen and oxygen atoms in total. The summed E-state index contributed by atoms with van der Waals surface area (Å²) in [6, 6.07) is 1.88. The van der Waals surface area contributed by atoms with Crippen molar-refractivity contribution < 1.29 is 18.4 Å². The second-order valence-corrected chi connectivity index (χ2v) is 8.78. The molecule has 0 bridgehead atoms. The predicted molar refractivity (Wildman–Crippen MR) is 88.5 cm³/mol. The second-order valence-electron chi connectivity index (χ2n) is 5.38. The van der Waals surface area contributed by atoms with Crippen LogP contribution in [0, 0.1) is 0 Å². The maximum Gasteiger partial charge on any atom is 0.338 e. The van der Waals surface area contributed by atoms with Crippen LogP contribution in [-0.4, -0.2) is 34.4 Å². The van der Waals surface area contributed by atoms with Crippen molar-refractivity contribution in [3.63, 3.8) is 0 Å². The van der Waals surface area contributed by atoms with Gasteiger partial charge in [0, 0.05) is 18.8 Å². The minimum Gasteiger partial charge on any atom is -0.462 e. The Morgan fingerprint density at radius 3 is 1.95 bits per heavy atom. The number of carbonyl (C=O) groups is 1. The first-order valence-electron chi connectivity index (χ1n) is 8.11. The lowest BCUT2D eigenvalue weighted by atomic mass is 10.4. The number of carbonyl (C=O) groups excluding carboxylic acids is 1. The van der Waals surface area contributed by atoms with Gasteiger partial charge in [-0.05, 0) is 38.3 Å². The first-order chi connectivity index (χ1) is 10.0. The van der Waals surface area contributed by atoms with Crippen LogP contribution in [0.3, 0.4) is 0 Å². The Labute approximate surface area is 131 Å². The first-order valence-corrected chi connectivity index (χ1v) is 10.3. The molecule has 0 atom stereocenters. The van der Waals surface area contributed by atoms with Crippen molar-refractivity contribution in [2.45, 2.75) is 65.5 Å². The van der Waals surface area contributed by atoms with Crippen LogP contribution >= 0.6 is 0 Å². The summed E-state index contributed by atoms with van der Waals surface area (Å²) in [4.78, 5) is 11.4. The molecule has 0 radical (unpaired) electrons. The van der Waals surface area contributed by atoms with Gasteiger partial charge in [0.15, 0.2) is 0 Å². The lowest BCUT2D eigenvalue weighted by Gasteiger charge is -2.30. The van der Waals surface area contributed by atoms with Gasteiger partial charge in [-0.15, -0.1) is 0 Å². The molecule has 0 aromatic heterocycles. The Morgan fingerprint density at radius 2 is 1.52 bits per heavy atom. The number of hydrogen-bond acceptors (Lipinski definition) is 4. The summed E-state index contributed by atoms with van der Waals surface area (Å²) in [5.74, 6) is -0.318. The molecule has 0 saturated carbocycles. The van der Waals surface area contributed by atoms with Crippen molar-refractivity contribution in [1.82, 2.24) is 0 Å². The molecule has 0 aliphatic rings. The summed E-state index contributed by atoms with van der Waals surface area (Å²) in [6.45, 7) is 13.5. The molecule has 0 aromatic carbocycles. The van der Waals surface area contributed by atoms with Crippen molar-refractivity contribution in [2.24, 2.45) is 0 Å². The Balaban J connectivity index is 4.41. The minimum absolute atomic E-state index is 0.318. The van der Waals surface area contributed by atoms with E-state index in [-0.39, 0.29) is 5.97 Å². The van der Waals surface area contributed by atoms with E-state index >= 15 is 0 Å². The first kappa shape index (κ1) is 20.3. The average molecular weight is 317 g/mol. The van der Waals surface area contributed by atoms with E-state index in [0.717, 1.165) is 51.0 Å². The standard InChI is InChI=1S/C16H32O4Si/c1-6-10-19-21(13-8-3,20-11-7-2)14-9-12-18-16(17)15(4)5/h4,6-14H2,1-3,5H3. The highest BCUT2D eigenvalue weighted by Gasteiger charge is 2.36. The molecule has 0 fully saturated rings. The molecule has 5 heteroatoms. The molecule has 0 aliphatic carbocycles. The van der Waals surface area contributed by atoms with Gasteiger partial charge in [-0.2, -0.15) is 0 Å². The van der Waals surface area contributed by atoms with Crippen LogP contribution in [0.1, 0.15) is 53.4 Å². The van der Waals surface area contributed by atoms with E-state index in [4.69, 9.17) is 13.6 Å². The van der Waals surface area contributed by atoms with E-state index in [2.05, 4.69) is 27.4 Å². The molecule has 0 amide bonds. The van der Waals surface area contributed by atoms with E-state index < -0.39 is 8.56 Å². The van der Waals surface area contributed by atoms with Crippen molar-refractivity contribution in [3.8, 4) is 0 Å². The van der Waals surface area contributed by atoms with E-state index in [1.165, 1.54) is 0 Å². The maximum atomic E-state index is 11.4. The van der Waals surface area contributed by atoms with Crippen LogP contribution in [0.2, 0.25) is 12.1 Å². The van der Waals surface area contributed by atoms with E-state index in [1.54, 1.807) is 6.92 Å². The van der Waals surface area contributed by atoms with Crippen molar-refractivity contribution >= 4 is 14.5 Å². The fourth-order valence-corrected chi connectivity index (χ4v) is 5.55. The zero-order valence-corrected chi connectivity index (χ0v) is 15.2. The van der Waals surface area contributed by atoms with Gasteiger partial charge in [-0.25, -0.2) is 4.79 Å². The van der Waals surface area contributed by atoms with Gasteiger partial charge in [-0.3, -0.25) is 0 Å². The summed E-state index contributed by atoms with van der Waals surface area (Å²) < 4.78 is 17.4. The van der Waals surface area contributed by atoms with Gasteiger partial charge in [0.25, 0.3) is 0 Å². The van der Waals surface area contributed by atoms with E-state index in [9.17, 15) is 4.79 Å². The Morgan fingerprint density at radius 1 is 0.952 bits per heavy atom. The maximum absolute atomic E-state index is 11.4. The lowest BCUT2D eigenvalue weighted by molar-refractivity contribution is -0.138. The molecule has 0 heterocycles. The number of hydrogen-bond donors (Lipinski definition) is 0. The van der Waals surface area contributed by atoms with Crippen LogP contribution in [0.15, 0.2) is 12.2 Å². The average Bonchev–Trinajstić information content (AvgIpc) is 2.47. The molecule has 124 valence electrons. The molecule has 21 heavy (non-hydrogen) atoms. The largest absolute Gasteiger partial charge is 0.462 e. The second kappa shape index (κ2) is 11.9.